The zero-order chi connectivity index (χ0) is 15.0. The second kappa shape index (κ2) is 8.11. The van der Waals surface area contributed by atoms with Gasteiger partial charge in [0, 0.05) is 12.6 Å². The van der Waals surface area contributed by atoms with E-state index < -0.39 is 0 Å². The van der Waals surface area contributed by atoms with Crippen molar-refractivity contribution in [2.75, 3.05) is 13.2 Å². The van der Waals surface area contributed by atoms with E-state index in [4.69, 9.17) is 4.74 Å². The zero-order valence-electron chi connectivity index (χ0n) is 13.1. The Hall–Kier alpha value is -1.64. The summed E-state index contributed by atoms with van der Waals surface area (Å²) < 4.78 is 5.72. The standard InChI is InChI=1S/C20H25NO/c1-3-8-17(9-4-1)16-20(18-10-5-2-6-11-18)21-14-13-19-12-7-15-22-19/h1-6,8-11,19-21H,7,12-16H2. The van der Waals surface area contributed by atoms with E-state index in [2.05, 4.69) is 66.0 Å². The molecule has 2 heteroatoms. The van der Waals surface area contributed by atoms with Crippen molar-refractivity contribution in [2.24, 2.45) is 0 Å². The van der Waals surface area contributed by atoms with Crippen LogP contribution >= 0.6 is 0 Å². The van der Waals surface area contributed by atoms with E-state index in [0.717, 1.165) is 26.0 Å². The van der Waals surface area contributed by atoms with Crippen molar-refractivity contribution < 1.29 is 4.74 Å². The Kier molecular flexibility index (Phi) is 5.63. The predicted octanol–water partition coefficient (Wildman–Crippen LogP) is 4.13. The molecule has 116 valence electrons. The zero-order valence-corrected chi connectivity index (χ0v) is 13.1. The molecule has 2 aromatic rings. The van der Waals surface area contributed by atoms with Gasteiger partial charge in [0.15, 0.2) is 0 Å². The maximum Gasteiger partial charge on any atom is 0.0588 e. The van der Waals surface area contributed by atoms with Gasteiger partial charge in [-0.05, 0) is 43.4 Å². The summed E-state index contributed by atoms with van der Waals surface area (Å²) >= 11 is 0. The average Bonchev–Trinajstić information content (AvgIpc) is 3.09. The fraction of sp³-hybridized carbons (Fsp3) is 0.400. The molecule has 1 fully saturated rings. The Morgan fingerprint density at radius 1 is 1.00 bits per heavy atom. The molecule has 2 aromatic carbocycles. The molecule has 1 heterocycles. The molecule has 0 amide bonds. The molecule has 1 aliphatic rings. The van der Waals surface area contributed by atoms with E-state index in [1.165, 1.54) is 24.0 Å². The van der Waals surface area contributed by atoms with E-state index in [1.807, 2.05) is 0 Å². The van der Waals surface area contributed by atoms with Crippen molar-refractivity contribution in [1.82, 2.24) is 5.32 Å². The van der Waals surface area contributed by atoms with Crippen LogP contribution < -0.4 is 5.32 Å². The van der Waals surface area contributed by atoms with E-state index in [0.29, 0.717) is 12.1 Å². The van der Waals surface area contributed by atoms with Gasteiger partial charge in [-0.1, -0.05) is 60.7 Å². The summed E-state index contributed by atoms with van der Waals surface area (Å²) in [6.45, 7) is 1.95. The monoisotopic (exact) mass is 295 g/mol. The molecule has 1 N–H and O–H groups in total. The molecule has 1 aliphatic heterocycles. The van der Waals surface area contributed by atoms with Crippen molar-refractivity contribution in [1.29, 1.82) is 0 Å². The highest BCUT2D eigenvalue weighted by Crippen LogP contribution is 2.20. The summed E-state index contributed by atoms with van der Waals surface area (Å²) in [5, 5.41) is 3.73. The van der Waals surface area contributed by atoms with Gasteiger partial charge in [-0.25, -0.2) is 0 Å². The highest BCUT2D eigenvalue weighted by Gasteiger charge is 2.16. The molecule has 0 aromatic heterocycles. The molecule has 2 atom stereocenters. The first-order valence-electron chi connectivity index (χ1n) is 8.35. The molecule has 1 saturated heterocycles. The smallest absolute Gasteiger partial charge is 0.0588 e. The Morgan fingerprint density at radius 2 is 1.73 bits per heavy atom. The Morgan fingerprint density at radius 3 is 2.41 bits per heavy atom. The number of ether oxygens (including phenoxy) is 1. The lowest BCUT2D eigenvalue weighted by molar-refractivity contribution is 0.103. The van der Waals surface area contributed by atoms with Gasteiger partial charge in [0.2, 0.25) is 0 Å². The van der Waals surface area contributed by atoms with E-state index in [1.54, 1.807) is 0 Å². The Bertz CT molecular complexity index is 534. The summed E-state index contributed by atoms with van der Waals surface area (Å²) in [5.74, 6) is 0. The van der Waals surface area contributed by atoms with Gasteiger partial charge < -0.3 is 10.1 Å². The summed E-state index contributed by atoms with van der Waals surface area (Å²) in [6, 6.07) is 21.8. The summed E-state index contributed by atoms with van der Waals surface area (Å²) in [5.41, 5.74) is 2.74. The number of hydrogen-bond acceptors (Lipinski definition) is 2. The summed E-state index contributed by atoms with van der Waals surface area (Å²) in [4.78, 5) is 0. The van der Waals surface area contributed by atoms with Gasteiger partial charge in [0.1, 0.15) is 0 Å². The van der Waals surface area contributed by atoms with E-state index in [9.17, 15) is 0 Å². The van der Waals surface area contributed by atoms with Crippen LogP contribution in [-0.4, -0.2) is 19.3 Å². The number of benzene rings is 2. The molecule has 0 bridgehead atoms. The molecule has 0 radical (unpaired) electrons. The maximum atomic E-state index is 5.72. The second-order valence-electron chi connectivity index (χ2n) is 6.03. The van der Waals surface area contributed by atoms with Crippen molar-refractivity contribution in [3.05, 3.63) is 71.8 Å². The van der Waals surface area contributed by atoms with Gasteiger partial charge in [0.25, 0.3) is 0 Å². The molecule has 3 rings (SSSR count). The van der Waals surface area contributed by atoms with Gasteiger partial charge in [-0.15, -0.1) is 0 Å². The Labute approximate surface area is 133 Å². The topological polar surface area (TPSA) is 21.3 Å². The first-order valence-corrected chi connectivity index (χ1v) is 8.35. The first kappa shape index (κ1) is 15.3. The molecular weight excluding hydrogens is 270 g/mol. The summed E-state index contributed by atoms with van der Waals surface area (Å²) in [7, 11) is 0. The fourth-order valence-electron chi connectivity index (χ4n) is 3.13. The van der Waals surface area contributed by atoms with Crippen LogP contribution in [0, 0.1) is 0 Å². The minimum Gasteiger partial charge on any atom is -0.378 e. The molecule has 2 nitrogen and oxygen atoms in total. The lowest BCUT2D eigenvalue weighted by Crippen LogP contribution is -2.26. The van der Waals surface area contributed by atoms with Crippen LogP contribution in [0.1, 0.15) is 36.4 Å². The first-order chi connectivity index (χ1) is 10.9. The summed E-state index contributed by atoms with van der Waals surface area (Å²) in [6.07, 6.45) is 5.03. The normalized spacial score (nSPS) is 19.2. The van der Waals surface area contributed by atoms with Crippen molar-refractivity contribution in [3.8, 4) is 0 Å². The highest BCUT2D eigenvalue weighted by molar-refractivity contribution is 5.23. The van der Waals surface area contributed by atoms with Crippen LogP contribution in [0.15, 0.2) is 60.7 Å². The molecular formula is C20H25NO. The van der Waals surface area contributed by atoms with Crippen LogP contribution in [0.5, 0.6) is 0 Å². The number of hydrogen-bond donors (Lipinski definition) is 1. The predicted molar refractivity (Wildman–Crippen MR) is 90.9 cm³/mol. The quantitative estimate of drug-likeness (QED) is 0.829. The van der Waals surface area contributed by atoms with E-state index in [-0.39, 0.29) is 0 Å². The van der Waals surface area contributed by atoms with Crippen LogP contribution in [-0.2, 0) is 11.2 Å². The van der Waals surface area contributed by atoms with Gasteiger partial charge >= 0.3 is 0 Å². The van der Waals surface area contributed by atoms with Crippen LogP contribution in [0.25, 0.3) is 0 Å². The Balaban J connectivity index is 1.61. The van der Waals surface area contributed by atoms with Crippen molar-refractivity contribution >= 4 is 0 Å². The third kappa shape index (κ3) is 4.43. The molecule has 0 saturated carbocycles. The third-order valence-electron chi connectivity index (χ3n) is 4.37. The van der Waals surface area contributed by atoms with Gasteiger partial charge in [0.05, 0.1) is 6.10 Å². The van der Waals surface area contributed by atoms with Crippen molar-refractivity contribution in [2.45, 2.75) is 37.8 Å². The lowest BCUT2D eigenvalue weighted by atomic mass is 9.98. The number of nitrogens with one attached hydrogen (secondary N) is 1. The largest absolute Gasteiger partial charge is 0.378 e. The van der Waals surface area contributed by atoms with E-state index >= 15 is 0 Å². The second-order valence-corrected chi connectivity index (χ2v) is 6.03. The maximum absolute atomic E-state index is 5.72. The average molecular weight is 295 g/mol. The molecule has 22 heavy (non-hydrogen) atoms. The minimum atomic E-state index is 0.366. The molecule has 0 aliphatic carbocycles. The third-order valence-corrected chi connectivity index (χ3v) is 4.37. The minimum absolute atomic E-state index is 0.366. The van der Waals surface area contributed by atoms with Crippen LogP contribution in [0.2, 0.25) is 0 Å². The fourth-order valence-corrected chi connectivity index (χ4v) is 3.13. The van der Waals surface area contributed by atoms with Crippen LogP contribution in [0.3, 0.4) is 0 Å². The van der Waals surface area contributed by atoms with Crippen molar-refractivity contribution in [3.63, 3.8) is 0 Å². The lowest BCUT2D eigenvalue weighted by Gasteiger charge is -2.20. The highest BCUT2D eigenvalue weighted by atomic mass is 16.5. The van der Waals surface area contributed by atoms with Crippen LogP contribution in [0.4, 0.5) is 0 Å². The SMILES string of the molecule is c1ccc(CC(NCCC2CCCO2)c2ccccc2)cc1. The number of rotatable bonds is 7. The molecule has 2 unspecified atom stereocenters. The van der Waals surface area contributed by atoms with Gasteiger partial charge in [-0.2, -0.15) is 0 Å². The van der Waals surface area contributed by atoms with Gasteiger partial charge in [-0.3, -0.25) is 0 Å². The molecule has 0 spiro atoms.